The van der Waals surface area contributed by atoms with Crippen LogP contribution < -0.4 is 16.0 Å². The van der Waals surface area contributed by atoms with E-state index < -0.39 is 54.0 Å². The topological polar surface area (TPSA) is 134 Å². The normalized spacial score (nSPS) is 30.3. The average Bonchev–Trinajstić information content (AvgIpc) is 2.77. The first-order chi connectivity index (χ1) is 16.2. The summed E-state index contributed by atoms with van der Waals surface area (Å²) >= 11 is 1.55. The van der Waals surface area contributed by atoms with Crippen LogP contribution in [-0.2, 0) is 23.9 Å². The van der Waals surface area contributed by atoms with E-state index >= 15 is 0 Å². The number of nitrogens with one attached hydrogen (secondary N) is 3. The first kappa shape index (κ1) is 28.9. The molecule has 2 heterocycles. The highest BCUT2D eigenvalue weighted by molar-refractivity contribution is 8.76. The Labute approximate surface area is 213 Å². The quantitative estimate of drug-likeness (QED) is 0.239. The standard InChI is InChI=1S/C22H35N3O6S3/c1-13(2)20-17(26)11-19(28)31-14-6-4-5-8-33-34-12-16(22(30)25-20)24-21(29)15(7-9-32-3)23-18(27)10-14/h4,6,13-17,20,26H,5,7-12H2,1-3H3,(H,23,27)(H,24,29)(H,25,30)/t14-,15-,16+,17+,20-/m0/s1. The van der Waals surface area contributed by atoms with E-state index in [1.807, 2.05) is 26.2 Å². The van der Waals surface area contributed by atoms with Gasteiger partial charge in [0.15, 0.2) is 0 Å². The van der Waals surface area contributed by atoms with Crippen LogP contribution in [-0.4, -0.2) is 82.6 Å². The van der Waals surface area contributed by atoms with Gasteiger partial charge in [0.05, 0.1) is 25.0 Å². The van der Waals surface area contributed by atoms with Gasteiger partial charge < -0.3 is 25.8 Å². The van der Waals surface area contributed by atoms with Gasteiger partial charge >= 0.3 is 5.97 Å². The van der Waals surface area contributed by atoms with Crippen molar-refractivity contribution in [2.75, 3.05) is 23.5 Å². The number of hydrogen-bond acceptors (Lipinski definition) is 9. The molecule has 12 heteroatoms. The highest BCUT2D eigenvalue weighted by Crippen LogP contribution is 2.24. The van der Waals surface area contributed by atoms with Crippen molar-refractivity contribution in [3.8, 4) is 0 Å². The van der Waals surface area contributed by atoms with E-state index in [1.165, 1.54) is 10.8 Å². The summed E-state index contributed by atoms with van der Waals surface area (Å²) in [5.74, 6) is -0.440. The molecule has 0 aliphatic carbocycles. The molecule has 0 saturated carbocycles. The fraction of sp³-hybridized carbons (Fsp3) is 0.727. The predicted molar refractivity (Wildman–Crippen MR) is 137 cm³/mol. The molecule has 3 amide bonds. The van der Waals surface area contributed by atoms with Crippen molar-refractivity contribution in [3.05, 3.63) is 12.2 Å². The Hall–Kier alpha value is -1.37. The number of thioether (sulfide) groups is 1. The molecule has 0 unspecified atom stereocenters. The molecule has 2 bridgehead atoms. The van der Waals surface area contributed by atoms with Crippen LogP contribution in [0.4, 0.5) is 0 Å². The van der Waals surface area contributed by atoms with Gasteiger partial charge in [-0.2, -0.15) is 11.8 Å². The molecule has 2 rings (SSSR count). The summed E-state index contributed by atoms with van der Waals surface area (Å²) in [5.41, 5.74) is 0. The molecule has 4 N–H and O–H groups in total. The molecule has 0 spiro atoms. The Kier molecular flexibility index (Phi) is 12.6. The van der Waals surface area contributed by atoms with Gasteiger partial charge in [-0.1, -0.05) is 41.5 Å². The molecule has 0 aromatic rings. The van der Waals surface area contributed by atoms with Gasteiger partial charge in [0.2, 0.25) is 17.7 Å². The number of aliphatic hydroxyl groups excluding tert-OH is 1. The molecule has 1 fully saturated rings. The van der Waals surface area contributed by atoms with Crippen LogP contribution in [0.2, 0.25) is 0 Å². The number of carbonyl (C=O) groups is 4. The summed E-state index contributed by atoms with van der Waals surface area (Å²) in [6, 6.07) is -2.40. The largest absolute Gasteiger partial charge is 0.457 e. The van der Waals surface area contributed by atoms with E-state index in [4.69, 9.17) is 4.74 Å². The van der Waals surface area contributed by atoms with Gasteiger partial charge in [0.1, 0.15) is 18.2 Å². The molecule has 192 valence electrons. The van der Waals surface area contributed by atoms with Crippen molar-refractivity contribution in [2.45, 2.75) is 69.9 Å². The van der Waals surface area contributed by atoms with E-state index in [1.54, 1.807) is 28.6 Å². The van der Waals surface area contributed by atoms with Crippen LogP contribution in [0.1, 0.15) is 39.5 Å². The lowest BCUT2D eigenvalue weighted by Gasteiger charge is -2.29. The molecule has 34 heavy (non-hydrogen) atoms. The summed E-state index contributed by atoms with van der Waals surface area (Å²) < 4.78 is 5.50. The number of allylic oxidation sites excluding steroid dienone is 1. The summed E-state index contributed by atoms with van der Waals surface area (Å²) in [5, 5.41) is 19.1. The van der Waals surface area contributed by atoms with Gasteiger partial charge in [0.25, 0.3) is 0 Å². The second-order valence-electron chi connectivity index (χ2n) is 8.57. The van der Waals surface area contributed by atoms with Gasteiger partial charge in [-0.15, -0.1) is 0 Å². The summed E-state index contributed by atoms with van der Waals surface area (Å²) in [7, 11) is 3.04. The maximum atomic E-state index is 13.2. The number of fused-ring (bicyclic) bond motifs is 7. The number of carbonyl (C=O) groups excluding carboxylic acids is 4. The first-order valence-corrected chi connectivity index (χ1v) is 15.3. The van der Waals surface area contributed by atoms with E-state index in [9.17, 15) is 24.3 Å². The fourth-order valence-electron chi connectivity index (χ4n) is 3.57. The Bertz CT molecular complexity index is 751. The van der Waals surface area contributed by atoms with E-state index in [0.717, 1.165) is 5.75 Å². The lowest BCUT2D eigenvalue weighted by Crippen LogP contribution is -2.58. The van der Waals surface area contributed by atoms with Crippen molar-refractivity contribution in [1.82, 2.24) is 16.0 Å². The van der Waals surface area contributed by atoms with Crippen LogP contribution in [0.3, 0.4) is 0 Å². The van der Waals surface area contributed by atoms with Crippen LogP contribution in [0.25, 0.3) is 0 Å². The number of amides is 3. The maximum absolute atomic E-state index is 13.2. The Morgan fingerprint density at radius 2 is 1.88 bits per heavy atom. The third-order valence-corrected chi connectivity index (χ3v) is 8.51. The zero-order chi connectivity index (χ0) is 25.1. The molecule has 0 radical (unpaired) electrons. The van der Waals surface area contributed by atoms with Crippen molar-refractivity contribution in [3.63, 3.8) is 0 Å². The molecule has 5 atom stereocenters. The van der Waals surface area contributed by atoms with Gasteiger partial charge in [-0.25, -0.2) is 0 Å². The molecule has 1 saturated heterocycles. The minimum atomic E-state index is -1.18. The molecule has 0 aromatic heterocycles. The van der Waals surface area contributed by atoms with Crippen molar-refractivity contribution in [2.24, 2.45) is 5.92 Å². The average molecular weight is 534 g/mol. The molecular formula is C22H35N3O6S3. The van der Waals surface area contributed by atoms with Gasteiger partial charge in [-0.3, -0.25) is 19.2 Å². The van der Waals surface area contributed by atoms with E-state index in [0.29, 0.717) is 24.3 Å². The van der Waals surface area contributed by atoms with Crippen LogP contribution in [0.5, 0.6) is 0 Å². The minimum absolute atomic E-state index is 0.141. The Morgan fingerprint density at radius 1 is 1.12 bits per heavy atom. The molecule has 9 nitrogen and oxygen atoms in total. The van der Waals surface area contributed by atoms with Crippen LogP contribution >= 0.6 is 33.3 Å². The third kappa shape index (κ3) is 9.71. The zero-order valence-electron chi connectivity index (χ0n) is 19.8. The van der Waals surface area contributed by atoms with Crippen LogP contribution in [0, 0.1) is 5.92 Å². The predicted octanol–water partition coefficient (Wildman–Crippen LogP) is 1.26. The second-order valence-corrected chi connectivity index (χ2v) is 12.2. The SMILES string of the molecule is CSCC[C@@H]1NC(=O)C[C@@H]2C=CCCSSC[C@@H](NC1=O)C(=O)N[C@@H](C(C)C)[C@H](O)CC(=O)O2. The third-order valence-electron chi connectivity index (χ3n) is 5.42. The summed E-state index contributed by atoms with van der Waals surface area (Å²) in [6.07, 6.45) is 4.05. The summed E-state index contributed by atoms with van der Waals surface area (Å²) in [6.45, 7) is 3.66. The number of hydrogen-bond donors (Lipinski definition) is 4. The van der Waals surface area contributed by atoms with Crippen molar-refractivity contribution >= 4 is 57.0 Å². The molecule has 0 aromatic carbocycles. The number of ether oxygens (including phenoxy) is 1. The molecular weight excluding hydrogens is 498 g/mol. The van der Waals surface area contributed by atoms with E-state index in [-0.39, 0.29) is 18.8 Å². The Morgan fingerprint density at radius 3 is 2.59 bits per heavy atom. The van der Waals surface area contributed by atoms with Gasteiger partial charge in [0, 0.05) is 11.5 Å². The monoisotopic (exact) mass is 533 g/mol. The lowest BCUT2D eigenvalue weighted by molar-refractivity contribution is -0.151. The smallest absolute Gasteiger partial charge is 0.309 e. The second kappa shape index (κ2) is 14.9. The highest BCUT2D eigenvalue weighted by atomic mass is 33.1. The minimum Gasteiger partial charge on any atom is -0.457 e. The molecule has 2 aliphatic heterocycles. The number of aliphatic hydroxyl groups is 1. The lowest BCUT2D eigenvalue weighted by atomic mass is 9.96. The van der Waals surface area contributed by atoms with Crippen molar-refractivity contribution < 1.29 is 29.0 Å². The number of esters is 1. The highest BCUT2D eigenvalue weighted by Gasteiger charge is 2.33. The molecule has 2 aliphatic rings. The Balaban J connectivity index is 2.45. The van der Waals surface area contributed by atoms with E-state index in [2.05, 4.69) is 16.0 Å². The maximum Gasteiger partial charge on any atom is 0.309 e. The number of rotatable bonds is 4. The zero-order valence-corrected chi connectivity index (χ0v) is 22.2. The fourth-order valence-corrected chi connectivity index (χ4v) is 6.20. The first-order valence-electron chi connectivity index (χ1n) is 11.4. The van der Waals surface area contributed by atoms with Crippen LogP contribution in [0.15, 0.2) is 12.2 Å². The summed E-state index contributed by atoms with van der Waals surface area (Å²) in [4.78, 5) is 51.6. The van der Waals surface area contributed by atoms with Gasteiger partial charge in [-0.05, 0) is 36.8 Å². The van der Waals surface area contributed by atoms with Crippen molar-refractivity contribution in [1.29, 1.82) is 0 Å².